The van der Waals surface area contributed by atoms with Crippen molar-refractivity contribution >= 4 is 17.6 Å². The molecule has 1 aliphatic heterocycles. The number of ether oxygens (including phenoxy) is 1. The molecule has 4 heteroatoms. The van der Waals surface area contributed by atoms with Gasteiger partial charge in [-0.05, 0) is 11.6 Å². The average Bonchev–Trinajstić information content (AvgIpc) is 2.77. The molecule has 2 rings (SSSR count). The molecule has 0 spiro atoms. The van der Waals surface area contributed by atoms with Crippen LogP contribution in [0.2, 0.25) is 5.02 Å². The van der Waals surface area contributed by atoms with Crippen LogP contribution in [-0.4, -0.2) is 26.2 Å². The average molecular weight is 240 g/mol. The Balaban J connectivity index is 2.27. The van der Waals surface area contributed by atoms with E-state index >= 15 is 0 Å². The predicted molar refractivity (Wildman–Crippen MR) is 62.6 cm³/mol. The SMILES string of the molecule is COC(=O)C1CNC[C@H]1c1ccccc1Cl. The van der Waals surface area contributed by atoms with Gasteiger partial charge in [0.1, 0.15) is 0 Å². The highest BCUT2D eigenvalue weighted by Gasteiger charge is 2.35. The number of carbonyl (C=O) groups is 1. The van der Waals surface area contributed by atoms with Crippen molar-refractivity contribution in [2.75, 3.05) is 20.2 Å². The van der Waals surface area contributed by atoms with Gasteiger partial charge in [-0.3, -0.25) is 4.79 Å². The molecule has 1 unspecified atom stereocenters. The second-order valence-corrected chi connectivity index (χ2v) is 4.32. The minimum absolute atomic E-state index is 0.112. The lowest BCUT2D eigenvalue weighted by atomic mass is 9.89. The quantitative estimate of drug-likeness (QED) is 0.800. The highest BCUT2D eigenvalue weighted by atomic mass is 35.5. The predicted octanol–water partition coefficient (Wildman–Crippen LogP) is 1.82. The Hall–Kier alpha value is -1.06. The number of carbonyl (C=O) groups excluding carboxylic acids is 1. The lowest BCUT2D eigenvalue weighted by molar-refractivity contribution is -0.145. The highest BCUT2D eigenvalue weighted by molar-refractivity contribution is 6.31. The van der Waals surface area contributed by atoms with Gasteiger partial charge in [-0.2, -0.15) is 0 Å². The molecule has 3 nitrogen and oxygen atoms in total. The van der Waals surface area contributed by atoms with E-state index in [1.165, 1.54) is 7.11 Å². The zero-order chi connectivity index (χ0) is 11.5. The normalized spacial score (nSPS) is 24.4. The molecule has 1 aliphatic rings. The zero-order valence-electron chi connectivity index (χ0n) is 9.07. The summed E-state index contributed by atoms with van der Waals surface area (Å²) in [4.78, 5) is 11.6. The third kappa shape index (κ3) is 2.06. The lowest BCUT2D eigenvalue weighted by Crippen LogP contribution is -2.23. The van der Waals surface area contributed by atoms with Gasteiger partial charge in [0.2, 0.25) is 0 Å². The van der Waals surface area contributed by atoms with Crippen molar-refractivity contribution in [2.45, 2.75) is 5.92 Å². The number of rotatable bonds is 2. The molecule has 0 bridgehead atoms. The van der Waals surface area contributed by atoms with E-state index in [0.29, 0.717) is 11.6 Å². The molecule has 1 saturated heterocycles. The van der Waals surface area contributed by atoms with Crippen LogP contribution in [0.15, 0.2) is 24.3 Å². The molecular weight excluding hydrogens is 226 g/mol. The summed E-state index contributed by atoms with van der Waals surface area (Å²) >= 11 is 6.14. The smallest absolute Gasteiger partial charge is 0.310 e. The molecule has 1 heterocycles. The van der Waals surface area contributed by atoms with E-state index in [1.54, 1.807) is 0 Å². The van der Waals surface area contributed by atoms with Crippen LogP contribution in [0.4, 0.5) is 0 Å². The van der Waals surface area contributed by atoms with Crippen molar-refractivity contribution in [3.05, 3.63) is 34.9 Å². The topological polar surface area (TPSA) is 38.3 Å². The number of benzene rings is 1. The van der Waals surface area contributed by atoms with Crippen LogP contribution in [0, 0.1) is 5.92 Å². The molecule has 1 fully saturated rings. The maximum atomic E-state index is 11.6. The van der Waals surface area contributed by atoms with Crippen LogP contribution in [0.1, 0.15) is 11.5 Å². The fraction of sp³-hybridized carbons (Fsp3) is 0.417. The fourth-order valence-electron chi connectivity index (χ4n) is 2.18. The fourth-order valence-corrected chi connectivity index (χ4v) is 2.46. The van der Waals surface area contributed by atoms with Crippen molar-refractivity contribution in [1.29, 1.82) is 0 Å². The zero-order valence-corrected chi connectivity index (χ0v) is 9.83. The Labute approximate surface area is 99.7 Å². The van der Waals surface area contributed by atoms with Crippen LogP contribution in [0.25, 0.3) is 0 Å². The van der Waals surface area contributed by atoms with Crippen molar-refractivity contribution in [1.82, 2.24) is 5.32 Å². The molecule has 1 N–H and O–H groups in total. The minimum Gasteiger partial charge on any atom is -0.469 e. The van der Waals surface area contributed by atoms with Crippen LogP contribution < -0.4 is 5.32 Å². The number of esters is 1. The van der Waals surface area contributed by atoms with E-state index in [1.807, 2.05) is 24.3 Å². The molecule has 0 amide bonds. The van der Waals surface area contributed by atoms with Crippen LogP contribution in [0.5, 0.6) is 0 Å². The van der Waals surface area contributed by atoms with Crippen molar-refractivity contribution in [2.24, 2.45) is 5.92 Å². The Kier molecular flexibility index (Phi) is 3.46. The van der Waals surface area contributed by atoms with Gasteiger partial charge in [-0.15, -0.1) is 0 Å². The first kappa shape index (κ1) is 11.4. The van der Waals surface area contributed by atoms with Gasteiger partial charge in [0.25, 0.3) is 0 Å². The Morgan fingerprint density at radius 3 is 2.88 bits per heavy atom. The molecule has 1 aromatic rings. The van der Waals surface area contributed by atoms with E-state index in [9.17, 15) is 4.79 Å². The first-order valence-corrected chi connectivity index (χ1v) is 5.65. The van der Waals surface area contributed by atoms with Gasteiger partial charge in [0.05, 0.1) is 13.0 Å². The Bertz CT molecular complexity index is 394. The van der Waals surface area contributed by atoms with Gasteiger partial charge in [-0.25, -0.2) is 0 Å². The largest absolute Gasteiger partial charge is 0.469 e. The van der Waals surface area contributed by atoms with Crippen molar-refractivity contribution in [3.8, 4) is 0 Å². The molecule has 0 saturated carbocycles. The summed E-state index contributed by atoms with van der Waals surface area (Å²) in [6.45, 7) is 1.42. The maximum Gasteiger partial charge on any atom is 0.310 e. The number of nitrogens with one attached hydrogen (secondary N) is 1. The third-order valence-corrected chi connectivity index (χ3v) is 3.37. The van der Waals surface area contributed by atoms with Gasteiger partial charge >= 0.3 is 5.97 Å². The number of methoxy groups -OCH3 is 1. The van der Waals surface area contributed by atoms with E-state index < -0.39 is 0 Å². The van der Waals surface area contributed by atoms with E-state index in [2.05, 4.69) is 5.32 Å². The van der Waals surface area contributed by atoms with Crippen LogP contribution >= 0.6 is 11.6 Å². The van der Waals surface area contributed by atoms with Gasteiger partial charge in [0, 0.05) is 24.0 Å². The second kappa shape index (κ2) is 4.85. The molecule has 1 aromatic carbocycles. The monoisotopic (exact) mass is 239 g/mol. The molecule has 86 valence electrons. The van der Waals surface area contributed by atoms with Crippen molar-refractivity contribution in [3.63, 3.8) is 0 Å². The number of halogens is 1. The summed E-state index contributed by atoms with van der Waals surface area (Å²) in [7, 11) is 1.42. The van der Waals surface area contributed by atoms with Crippen LogP contribution in [0.3, 0.4) is 0 Å². The highest BCUT2D eigenvalue weighted by Crippen LogP contribution is 2.33. The lowest BCUT2D eigenvalue weighted by Gasteiger charge is -2.17. The third-order valence-electron chi connectivity index (χ3n) is 3.02. The number of hydrogen-bond donors (Lipinski definition) is 1. The second-order valence-electron chi connectivity index (χ2n) is 3.92. The van der Waals surface area contributed by atoms with E-state index in [0.717, 1.165) is 12.1 Å². The van der Waals surface area contributed by atoms with Crippen molar-refractivity contribution < 1.29 is 9.53 Å². The maximum absolute atomic E-state index is 11.6. The molecule has 0 aromatic heterocycles. The van der Waals surface area contributed by atoms with E-state index in [4.69, 9.17) is 16.3 Å². The molecule has 16 heavy (non-hydrogen) atoms. The summed E-state index contributed by atoms with van der Waals surface area (Å²) in [6, 6.07) is 7.65. The first-order chi connectivity index (χ1) is 7.74. The first-order valence-electron chi connectivity index (χ1n) is 5.27. The van der Waals surface area contributed by atoms with Gasteiger partial charge in [-0.1, -0.05) is 29.8 Å². The summed E-state index contributed by atoms with van der Waals surface area (Å²) in [6.07, 6.45) is 0. The minimum atomic E-state index is -0.171. The Morgan fingerprint density at radius 1 is 1.44 bits per heavy atom. The van der Waals surface area contributed by atoms with E-state index in [-0.39, 0.29) is 17.8 Å². The number of hydrogen-bond acceptors (Lipinski definition) is 3. The summed E-state index contributed by atoms with van der Waals surface area (Å²) in [5.74, 6) is -0.194. The Morgan fingerprint density at radius 2 is 2.19 bits per heavy atom. The van der Waals surface area contributed by atoms with Gasteiger partial charge in [0.15, 0.2) is 0 Å². The van der Waals surface area contributed by atoms with Crippen LogP contribution in [-0.2, 0) is 9.53 Å². The molecule has 0 radical (unpaired) electrons. The standard InChI is InChI=1S/C12H14ClNO2/c1-16-12(15)10-7-14-6-9(10)8-4-2-3-5-11(8)13/h2-5,9-10,14H,6-7H2,1H3/t9-,10?/m0/s1. The summed E-state index contributed by atoms with van der Waals surface area (Å²) < 4.78 is 4.80. The molecule has 2 atom stereocenters. The summed E-state index contributed by atoms with van der Waals surface area (Å²) in [5.41, 5.74) is 1.02. The summed E-state index contributed by atoms with van der Waals surface area (Å²) in [5, 5.41) is 3.92. The molecular formula is C12H14ClNO2. The van der Waals surface area contributed by atoms with Gasteiger partial charge < -0.3 is 10.1 Å². The molecule has 0 aliphatic carbocycles.